The fraction of sp³-hybridized carbons (Fsp3) is 0. The Morgan fingerprint density at radius 3 is 2.58 bits per heavy atom. The minimum Gasteiger partial charge on any atom is -0.321 e. The number of halogens is 4. The van der Waals surface area contributed by atoms with E-state index in [1.54, 1.807) is 18.2 Å². The summed E-state index contributed by atoms with van der Waals surface area (Å²) < 4.78 is 2.59. The number of hydrogen-bond acceptors (Lipinski definition) is 1. The SMILES string of the molecule is O=C(Nc1ccc(I)cc1Cl)c1cc(Br)ccc1Br. The first kappa shape index (κ1) is 15.3. The molecule has 2 rings (SSSR count). The number of carbonyl (C=O) groups is 1. The maximum atomic E-state index is 12.2. The number of anilines is 1. The number of carbonyl (C=O) groups excluding carboxylic acids is 1. The zero-order valence-electron chi connectivity index (χ0n) is 9.38. The second kappa shape index (κ2) is 6.56. The zero-order chi connectivity index (χ0) is 14.0. The number of rotatable bonds is 2. The monoisotopic (exact) mass is 513 g/mol. The normalized spacial score (nSPS) is 10.3. The van der Waals surface area contributed by atoms with Crippen LogP contribution in [0.15, 0.2) is 45.3 Å². The van der Waals surface area contributed by atoms with Gasteiger partial charge < -0.3 is 5.32 Å². The highest BCUT2D eigenvalue weighted by molar-refractivity contribution is 14.1. The van der Waals surface area contributed by atoms with Crippen LogP contribution in [-0.4, -0.2) is 5.91 Å². The van der Waals surface area contributed by atoms with Gasteiger partial charge in [0.15, 0.2) is 0 Å². The Labute approximate surface area is 146 Å². The fourth-order valence-electron chi connectivity index (χ4n) is 1.45. The summed E-state index contributed by atoms with van der Waals surface area (Å²) >= 11 is 15.0. The van der Waals surface area contributed by atoms with Crippen LogP contribution in [0.2, 0.25) is 5.02 Å². The summed E-state index contributed by atoms with van der Waals surface area (Å²) in [7, 11) is 0. The Morgan fingerprint density at radius 2 is 1.89 bits per heavy atom. The second-order valence-electron chi connectivity index (χ2n) is 3.70. The van der Waals surface area contributed by atoms with Crippen molar-refractivity contribution in [3.05, 3.63) is 59.5 Å². The van der Waals surface area contributed by atoms with Crippen LogP contribution in [0.1, 0.15) is 10.4 Å². The summed E-state index contributed by atoms with van der Waals surface area (Å²) in [4.78, 5) is 12.2. The molecule has 2 aromatic rings. The van der Waals surface area contributed by atoms with E-state index >= 15 is 0 Å². The quantitative estimate of drug-likeness (QED) is 0.510. The summed E-state index contributed by atoms with van der Waals surface area (Å²) in [6.45, 7) is 0. The Balaban J connectivity index is 2.28. The maximum absolute atomic E-state index is 12.2. The van der Waals surface area contributed by atoms with Crippen LogP contribution in [0.5, 0.6) is 0 Å². The van der Waals surface area contributed by atoms with E-state index < -0.39 is 0 Å². The van der Waals surface area contributed by atoms with Crippen molar-refractivity contribution in [1.82, 2.24) is 0 Å². The minimum absolute atomic E-state index is 0.212. The largest absolute Gasteiger partial charge is 0.321 e. The highest BCUT2D eigenvalue weighted by Crippen LogP contribution is 2.26. The van der Waals surface area contributed by atoms with Gasteiger partial charge in [0.1, 0.15) is 0 Å². The van der Waals surface area contributed by atoms with Gasteiger partial charge in [-0.15, -0.1) is 0 Å². The molecule has 19 heavy (non-hydrogen) atoms. The molecule has 0 aliphatic rings. The van der Waals surface area contributed by atoms with Crippen LogP contribution in [0.25, 0.3) is 0 Å². The van der Waals surface area contributed by atoms with Crippen LogP contribution in [0.3, 0.4) is 0 Å². The predicted molar refractivity (Wildman–Crippen MR) is 94.0 cm³/mol. The molecule has 0 heterocycles. The molecule has 0 saturated heterocycles. The number of benzene rings is 2. The molecule has 0 spiro atoms. The van der Waals surface area contributed by atoms with Gasteiger partial charge in [-0.3, -0.25) is 4.79 Å². The van der Waals surface area contributed by atoms with E-state index in [2.05, 4.69) is 59.8 Å². The molecular formula is C13H7Br2ClINO. The van der Waals surface area contributed by atoms with Crippen LogP contribution in [0.4, 0.5) is 5.69 Å². The molecule has 6 heteroatoms. The molecule has 0 unspecified atom stereocenters. The van der Waals surface area contributed by atoms with Gasteiger partial charge in [-0.25, -0.2) is 0 Å². The molecule has 98 valence electrons. The molecule has 0 aromatic heterocycles. The Kier molecular flexibility index (Phi) is 5.28. The third kappa shape index (κ3) is 3.93. The van der Waals surface area contributed by atoms with E-state index in [4.69, 9.17) is 11.6 Å². The Morgan fingerprint density at radius 1 is 1.16 bits per heavy atom. The van der Waals surface area contributed by atoms with Crippen LogP contribution < -0.4 is 5.32 Å². The smallest absolute Gasteiger partial charge is 0.256 e. The van der Waals surface area contributed by atoms with E-state index in [1.807, 2.05) is 18.2 Å². The van der Waals surface area contributed by atoms with Gasteiger partial charge in [-0.2, -0.15) is 0 Å². The highest BCUT2D eigenvalue weighted by Gasteiger charge is 2.12. The first-order chi connectivity index (χ1) is 8.97. The molecule has 0 aliphatic heterocycles. The summed E-state index contributed by atoms with van der Waals surface area (Å²) in [5, 5.41) is 3.32. The first-order valence-electron chi connectivity index (χ1n) is 5.19. The van der Waals surface area contributed by atoms with Crippen LogP contribution >= 0.6 is 66.1 Å². The standard InChI is InChI=1S/C13H7Br2ClINO/c14-7-1-3-10(15)9(5-7)13(19)18-12-4-2-8(17)6-11(12)16/h1-6H,(H,18,19). The summed E-state index contributed by atoms with van der Waals surface area (Å²) in [5.41, 5.74) is 1.14. The van der Waals surface area contributed by atoms with Crippen molar-refractivity contribution in [2.24, 2.45) is 0 Å². The lowest BCUT2D eigenvalue weighted by Gasteiger charge is -2.09. The van der Waals surface area contributed by atoms with Crippen molar-refractivity contribution >= 4 is 77.6 Å². The average Bonchev–Trinajstić information content (AvgIpc) is 2.35. The fourth-order valence-corrected chi connectivity index (χ4v) is 3.14. The van der Waals surface area contributed by atoms with Crippen molar-refractivity contribution < 1.29 is 4.79 Å². The molecule has 1 amide bonds. The van der Waals surface area contributed by atoms with Gasteiger partial charge in [0, 0.05) is 12.5 Å². The van der Waals surface area contributed by atoms with Gasteiger partial charge >= 0.3 is 0 Å². The van der Waals surface area contributed by atoms with Crippen molar-refractivity contribution in [1.29, 1.82) is 0 Å². The molecule has 0 radical (unpaired) electrons. The third-order valence-corrected chi connectivity index (χ3v) is 4.52. The maximum Gasteiger partial charge on any atom is 0.256 e. The second-order valence-corrected chi connectivity index (χ2v) is 7.13. The van der Waals surface area contributed by atoms with Crippen molar-refractivity contribution in [3.63, 3.8) is 0 Å². The number of hydrogen-bond donors (Lipinski definition) is 1. The zero-order valence-corrected chi connectivity index (χ0v) is 15.5. The van der Waals surface area contributed by atoms with E-state index in [1.165, 1.54) is 0 Å². The molecular weight excluding hydrogens is 508 g/mol. The van der Waals surface area contributed by atoms with E-state index in [0.717, 1.165) is 12.5 Å². The van der Waals surface area contributed by atoms with Gasteiger partial charge in [-0.1, -0.05) is 27.5 Å². The first-order valence-corrected chi connectivity index (χ1v) is 8.23. The lowest BCUT2D eigenvalue weighted by Crippen LogP contribution is -2.13. The van der Waals surface area contributed by atoms with Crippen molar-refractivity contribution in [2.75, 3.05) is 5.32 Å². The molecule has 0 aliphatic carbocycles. The van der Waals surface area contributed by atoms with Crippen LogP contribution in [-0.2, 0) is 0 Å². The minimum atomic E-state index is -0.212. The van der Waals surface area contributed by atoms with E-state index in [9.17, 15) is 4.79 Å². The Bertz CT molecular complexity index is 649. The molecule has 0 bridgehead atoms. The van der Waals surface area contributed by atoms with Gasteiger partial charge in [-0.05, 0) is 74.9 Å². The lowest BCUT2D eigenvalue weighted by molar-refractivity contribution is 0.102. The lowest BCUT2D eigenvalue weighted by atomic mass is 10.2. The average molecular weight is 515 g/mol. The Hall–Kier alpha value is -0.110. The summed E-state index contributed by atoms with van der Waals surface area (Å²) in [5.74, 6) is -0.212. The molecule has 2 aromatic carbocycles. The molecule has 0 fully saturated rings. The number of nitrogens with one attached hydrogen (secondary N) is 1. The van der Waals surface area contributed by atoms with Crippen LogP contribution in [0, 0.1) is 3.57 Å². The molecule has 0 saturated carbocycles. The van der Waals surface area contributed by atoms with E-state index in [-0.39, 0.29) is 5.91 Å². The topological polar surface area (TPSA) is 29.1 Å². The van der Waals surface area contributed by atoms with Gasteiger partial charge in [0.05, 0.1) is 16.3 Å². The predicted octanol–water partition coefficient (Wildman–Crippen LogP) is 5.72. The third-order valence-electron chi connectivity index (χ3n) is 2.35. The van der Waals surface area contributed by atoms with Gasteiger partial charge in [0.2, 0.25) is 0 Å². The molecule has 2 nitrogen and oxygen atoms in total. The van der Waals surface area contributed by atoms with E-state index in [0.29, 0.717) is 16.3 Å². The molecule has 0 atom stereocenters. The summed E-state index contributed by atoms with van der Waals surface area (Å²) in [6, 6.07) is 10.9. The molecule has 1 N–H and O–H groups in total. The highest BCUT2D eigenvalue weighted by atomic mass is 127. The number of amides is 1. The van der Waals surface area contributed by atoms with Crippen molar-refractivity contribution in [3.8, 4) is 0 Å². The van der Waals surface area contributed by atoms with Crippen molar-refractivity contribution in [2.45, 2.75) is 0 Å². The summed E-state index contributed by atoms with van der Waals surface area (Å²) in [6.07, 6.45) is 0. The van der Waals surface area contributed by atoms with Gasteiger partial charge in [0.25, 0.3) is 5.91 Å².